The second-order valence-corrected chi connectivity index (χ2v) is 9.90. The number of nitrogens with one attached hydrogen (secondary N) is 2. The largest absolute Gasteiger partial charge is 0.493 e. The first-order valence-electron chi connectivity index (χ1n) is 11.0. The van der Waals surface area contributed by atoms with E-state index in [-0.39, 0.29) is 24.2 Å². The summed E-state index contributed by atoms with van der Waals surface area (Å²) in [7, 11) is 1.51. The minimum absolute atomic E-state index is 0.167. The highest BCUT2D eigenvalue weighted by Gasteiger charge is 2.10. The fourth-order valence-electron chi connectivity index (χ4n) is 3.11. The quantitative estimate of drug-likeness (QED) is 0.176. The zero-order valence-corrected chi connectivity index (χ0v) is 21.3. The molecule has 0 aliphatic heterocycles. The molecule has 0 unspecified atom stereocenters. The number of thiazole rings is 1. The average molecular weight is 521 g/mol. The topological polar surface area (TPSA) is 102 Å². The third-order valence-electron chi connectivity index (χ3n) is 4.89. The number of carbonyl (C=O) groups is 2. The van der Waals surface area contributed by atoms with Crippen molar-refractivity contribution in [1.29, 1.82) is 0 Å². The van der Waals surface area contributed by atoms with E-state index in [1.54, 1.807) is 29.5 Å². The normalized spacial score (nSPS) is 10.9. The molecule has 2 amide bonds. The SMILES string of the molecule is COc1cc(/C=N\NC(=O)CSc2nc3ccccc3s2)ccc1OCC(=O)Nc1ccc(C)cc1. The fourth-order valence-corrected chi connectivity index (χ4v) is 4.97. The number of methoxy groups -OCH3 is 1. The van der Waals surface area contributed by atoms with E-state index in [1.807, 2.05) is 55.5 Å². The van der Waals surface area contributed by atoms with Gasteiger partial charge in [-0.3, -0.25) is 9.59 Å². The Morgan fingerprint density at radius 1 is 1.06 bits per heavy atom. The van der Waals surface area contributed by atoms with Crippen LogP contribution in [0.25, 0.3) is 10.2 Å². The molecule has 0 saturated heterocycles. The highest BCUT2D eigenvalue weighted by molar-refractivity contribution is 8.01. The van der Waals surface area contributed by atoms with Crippen molar-refractivity contribution in [3.05, 3.63) is 77.9 Å². The summed E-state index contributed by atoms with van der Waals surface area (Å²) in [5.74, 6) is 0.558. The number of para-hydroxylation sites is 1. The molecule has 0 atom stereocenters. The van der Waals surface area contributed by atoms with E-state index in [1.165, 1.54) is 25.1 Å². The van der Waals surface area contributed by atoms with E-state index >= 15 is 0 Å². The Morgan fingerprint density at radius 2 is 1.86 bits per heavy atom. The second kappa shape index (κ2) is 12.2. The number of hydrazone groups is 1. The van der Waals surface area contributed by atoms with Crippen LogP contribution in [0.4, 0.5) is 5.69 Å². The van der Waals surface area contributed by atoms with Crippen molar-refractivity contribution < 1.29 is 19.1 Å². The Bertz CT molecular complexity index is 1350. The van der Waals surface area contributed by atoms with Crippen molar-refractivity contribution >= 4 is 57.0 Å². The van der Waals surface area contributed by atoms with Crippen LogP contribution >= 0.6 is 23.1 Å². The first-order valence-corrected chi connectivity index (χ1v) is 12.8. The highest BCUT2D eigenvalue weighted by atomic mass is 32.2. The predicted molar refractivity (Wildman–Crippen MR) is 144 cm³/mol. The average Bonchev–Trinajstić information content (AvgIpc) is 3.31. The van der Waals surface area contributed by atoms with E-state index in [2.05, 4.69) is 20.8 Å². The molecule has 0 saturated carbocycles. The van der Waals surface area contributed by atoms with Gasteiger partial charge in [0.25, 0.3) is 11.8 Å². The fraction of sp³-hybridized carbons (Fsp3) is 0.154. The number of amides is 2. The van der Waals surface area contributed by atoms with Crippen LogP contribution < -0.4 is 20.2 Å². The molecule has 1 heterocycles. The maximum absolute atomic E-state index is 12.2. The Labute approximate surface area is 216 Å². The van der Waals surface area contributed by atoms with Gasteiger partial charge in [-0.1, -0.05) is 41.6 Å². The zero-order valence-electron chi connectivity index (χ0n) is 19.7. The summed E-state index contributed by atoms with van der Waals surface area (Å²) in [6, 6.07) is 20.5. The Hall–Kier alpha value is -3.89. The number of aromatic nitrogens is 1. The molecule has 4 rings (SSSR count). The zero-order chi connectivity index (χ0) is 25.3. The summed E-state index contributed by atoms with van der Waals surface area (Å²) < 4.78 is 12.9. The molecule has 0 radical (unpaired) electrons. The lowest BCUT2D eigenvalue weighted by molar-refractivity contribution is -0.119. The van der Waals surface area contributed by atoms with Gasteiger partial charge in [0.2, 0.25) is 0 Å². The molecular formula is C26H24N4O4S2. The second-order valence-electron chi connectivity index (χ2n) is 7.64. The minimum Gasteiger partial charge on any atom is -0.493 e. The molecule has 184 valence electrons. The first kappa shape index (κ1) is 25.2. The molecule has 0 bridgehead atoms. The number of aryl methyl sites for hydroxylation is 1. The van der Waals surface area contributed by atoms with Crippen molar-refractivity contribution in [2.24, 2.45) is 5.10 Å². The van der Waals surface area contributed by atoms with Crippen LogP contribution in [0, 0.1) is 6.92 Å². The van der Waals surface area contributed by atoms with E-state index in [0.717, 1.165) is 20.1 Å². The van der Waals surface area contributed by atoms with Crippen LogP contribution in [0.5, 0.6) is 11.5 Å². The van der Waals surface area contributed by atoms with Crippen molar-refractivity contribution in [3.63, 3.8) is 0 Å². The van der Waals surface area contributed by atoms with Crippen LogP contribution in [0.1, 0.15) is 11.1 Å². The number of fused-ring (bicyclic) bond motifs is 1. The van der Waals surface area contributed by atoms with Gasteiger partial charge in [-0.05, 0) is 55.0 Å². The van der Waals surface area contributed by atoms with Gasteiger partial charge in [-0.25, -0.2) is 10.4 Å². The van der Waals surface area contributed by atoms with Crippen LogP contribution in [0.15, 0.2) is 76.2 Å². The molecule has 8 nitrogen and oxygen atoms in total. The van der Waals surface area contributed by atoms with Gasteiger partial charge in [-0.15, -0.1) is 11.3 Å². The number of ether oxygens (including phenoxy) is 2. The number of anilines is 1. The van der Waals surface area contributed by atoms with Crippen LogP contribution in [0.3, 0.4) is 0 Å². The molecule has 0 aliphatic carbocycles. The lowest BCUT2D eigenvalue weighted by atomic mass is 10.2. The van der Waals surface area contributed by atoms with Gasteiger partial charge in [0, 0.05) is 5.69 Å². The van der Waals surface area contributed by atoms with Gasteiger partial charge in [0.05, 0.1) is 29.3 Å². The summed E-state index contributed by atoms with van der Waals surface area (Å²) in [5.41, 5.74) is 5.95. The summed E-state index contributed by atoms with van der Waals surface area (Å²) in [4.78, 5) is 28.8. The lowest BCUT2D eigenvalue weighted by Gasteiger charge is -2.11. The minimum atomic E-state index is -0.280. The number of nitrogens with zero attached hydrogens (tertiary/aromatic N) is 2. The Morgan fingerprint density at radius 3 is 2.64 bits per heavy atom. The summed E-state index contributed by atoms with van der Waals surface area (Å²) in [6.45, 7) is 1.81. The monoisotopic (exact) mass is 520 g/mol. The number of thioether (sulfide) groups is 1. The third-order valence-corrected chi connectivity index (χ3v) is 7.07. The first-order chi connectivity index (χ1) is 17.5. The Balaban J connectivity index is 1.25. The lowest BCUT2D eigenvalue weighted by Crippen LogP contribution is -2.20. The molecule has 4 aromatic rings. The van der Waals surface area contributed by atoms with Crippen molar-refractivity contribution in [3.8, 4) is 11.5 Å². The maximum Gasteiger partial charge on any atom is 0.262 e. The van der Waals surface area contributed by atoms with E-state index in [0.29, 0.717) is 22.7 Å². The molecule has 0 aliphatic rings. The highest BCUT2D eigenvalue weighted by Crippen LogP contribution is 2.29. The van der Waals surface area contributed by atoms with E-state index < -0.39 is 0 Å². The Kier molecular flexibility index (Phi) is 8.53. The van der Waals surface area contributed by atoms with E-state index in [9.17, 15) is 9.59 Å². The summed E-state index contributed by atoms with van der Waals surface area (Å²) in [6.07, 6.45) is 1.51. The van der Waals surface area contributed by atoms with Crippen LogP contribution in [0.2, 0.25) is 0 Å². The molecule has 1 aromatic heterocycles. The molecular weight excluding hydrogens is 496 g/mol. The van der Waals surface area contributed by atoms with Crippen molar-refractivity contribution in [1.82, 2.24) is 10.4 Å². The van der Waals surface area contributed by atoms with Gasteiger partial charge in [-0.2, -0.15) is 5.10 Å². The maximum atomic E-state index is 12.2. The van der Waals surface area contributed by atoms with Crippen molar-refractivity contribution in [2.75, 3.05) is 24.8 Å². The summed E-state index contributed by atoms with van der Waals surface area (Å²) >= 11 is 2.92. The van der Waals surface area contributed by atoms with Gasteiger partial charge >= 0.3 is 0 Å². The van der Waals surface area contributed by atoms with Gasteiger partial charge in [0.15, 0.2) is 22.4 Å². The number of carbonyl (C=O) groups excluding carboxylic acids is 2. The third kappa shape index (κ3) is 7.06. The predicted octanol–water partition coefficient (Wildman–Crippen LogP) is 4.87. The van der Waals surface area contributed by atoms with Gasteiger partial charge in [0.1, 0.15) is 0 Å². The van der Waals surface area contributed by atoms with Crippen molar-refractivity contribution in [2.45, 2.75) is 11.3 Å². The standard InChI is InChI=1S/C26H24N4O4S2/c1-17-7-10-19(11-8-17)28-24(31)15-34-21-12-9-18(13-22(21)33-2)14-27-30-25(32)16-35-26-29-20-5-3-4-6-23(20)36-26/h3-14H,15-16H2,1-2H3,(H,28,31)(H,30,32)/b27-14-. The summed E-state index contributed by atoms with van der Waals surface area (Å²) in [5, 5.41) is 6.80. The molecule has 0 fully saturated rings. The molecule has 0 spiro atoms. The molecule has 3 aromatic carbocycles. The molecule has 2 N–H and O–H groups in total. The number of hydrogen-bond acceptors (Lipinski definition) is 8. The number of hydrogen-bond donors (Lipinski definition) is 2. The van der Waals surface area contributed by atoms with Crippen LogP contribution in [-0.2, 0) is 9.59 Å². The van der Waals surface area contributed by atoms with E-state index in [4.69, 9.17) is 9.47 Å². The van der Waals surface area contributed by atoms with Gasteiger partial charge < -0.3 is 14.8 Å². The molecule has 36 heavy (non-hydrogen) atoms. The smallest absolute Gasteiger partial charge is 0.262 e. The number of rotatable bonds is 10. The molecule has 10 heteroatoms. The van der Waals surface area contributed by atoms with Crippen LogP contribution in [-0.4, -0.2) is 42.5 Å². The number of benzene rings is 3.